The van der Waals surface area contributed by atoms with Gasteiger partial charge in [0, 0.05) is 12.1 Å². The van der Waals surface area contributed by atoms with E-state index < -0.39 is 6.61 Å². The van der Waals surface area contributed by atoms with E-state index in [9.17, 15) is 13.6 Å². The molecule has 19 heavy (non-hydrogen) atoms. The lowest BCUT2D eigenvalue weighted by Crippen LogP contribution is -2.29. The first kappa shape index (κ1) is 15.4. The van der Waals surface area contributed by atoms with Gasteiger partial charge in [-0.2, -0.15) is 8.78 Å². The lowest BCUT2D eigenvalue weighted by Gasteiger charge is -2.12. The van der Waals surface area contributed by atoms with Gasteiger partial charge in [0.1, 0.15) is 5.75 Å². The molecule has 0 aliphatic carbocycles. The number of benzene rings is 1. The van der Waals surface area contributed by atoms with E-state index in [-0.39, 0.29) is 23.1 Å². The third kappa shape index (κ3) is 5.65. The zero-order valence-electron chi connectivity index (χ0n) is 10.7. The summed E-state index contributed by atoms with van der Waals surface area (Å²) in [5.41, 5.74) is 5.70. The van der Waals surface area contributed by atoms with Crippen LogP contribution in [0.25, 0.3) is 0 Å². The van der Waals surface area contributed by atoms with Gasteiger partial charge in [-0.3, -0.25) is 4.79 Å². The molecule has 1 aromatic carbocycles. The molecule has 0 bridgehead atoms. The molecule has 0 spiro atoms. The van der Waals surface area contributed by atoms with Crippen LogP contribution in [0.15, 0.2) is 24.3 Å². The number of amides is 1. The summed E-state index contributed by atoms with van der Waals surface area (Å²) in [4.78, 5) is 11.8. The van der Waals surface area contributed by atoms with Crippen LogP contribution in [0.3, 0.4) is 0 Å². The van der Waals surface area contributed by atoms with Crippen molar-refractivity contribution in [3.63, 3.8) is 0 Å². The maximum Gasteiger partial charge on any atom is 0.387 e. The number of ether oxygens (including phenoxy) is 1. The molecule has 1 unspecified atom stereocenters. The SMILES string of the molecule is CC(CCN)CNC(=O)c1cccc(OC(F)F)c1. The Bertz CT molecular complexity index is 413. The minimum atomic E-state index is -2.90. The van der Waals surface area contributed by atoms with Crippen LogP contribution >= 0.6 is 0 Å². The predicted octanol–water partition coefficient (Wildman–Crippen LogP) is 2.00. The fraction of sp³-hybridized carbons (Fsp3) is 0.462. The average Bonchev–Trinajstić information content (AvgIpc) is 2.36. The van der Waals surface area contributed by atoms with Crippen molar-refractivity contribution in [1.82, 2.24) is 5.32 Å². The van der Waals surface area contributed by atoms with Crippen LogP contribution in [-0.2, 0) is 0 Å². The maximum absolute atomic E-state index is 12.1. The Labute approximate surface area is 110 Å². The van der Waals surface area contributed by atoms with E-state index in [2.05, 4.69) is 10.1 Å². The van der Waals surface area contributed by atoms with E-state index in [1.807, 2.05) is 6.92 Å². The normalized spacial score (nSPS) is 12.3. The minimum absolute atomic E-state index is 0.0299. The molecule has 0 aliphatic rings. The van der Waals surface area contributed by atoms with E-state index in [4.69, 9.17) is 5.73 Å². The summed E-state index contributed by atoms with van der Waals surface area (Å²) in [7, 11) is 0. The molecule has 0 radical (unpaired) electrons. The maximum atomic E-state index is 12.1. The molecular formula is C13H18F2N2O2. The highest BCUT2D eigenvalue weighted by molar-refractivity contribution is 5.94. The molecule has 0 heterocycles. The van der Waals surface area contributed by atoms with Gasteiger partial charge in [0.15, 0.2) is 0 Å². The summed E-state index contributed by atoms with van der Waals surface area (Å²) in [5.74, 6) is -0.0734. The Balaban J connectivity index is 2.56. The highest BCUT2D eigenvalue weighted by atomic mass is 19.3. The Hall–Kier alpha value is -1.69. The molecule has 1 amide bonds. The number of carbonyl (C=O) groups excluding carboxylic acids is 1. The van der Waals surface area contributed by atoms with Crippen molar-refractivity contribution in [3.8, 4) is 5.75 Å². The van der Waals surface area contributed by atoms with Crippen molar-refractivity contribution < 1.29 is 18.3 Å². The number of carbonyl (C=O) groups is 1. The average molecular weight is 272 g/mol. The summed E-state index contributed by atoms with van der Waals surface area (Å²) >= 11 is 0. The Morgan fingerprint density at radius 3 is 2.84 bits per heavy atom. The number of alkyl halides is 2. The fourth-order valence-corrected chi connectivity index (χ4v) is 1.57. The number of nitrogens with one attached hydrogen (secondary N) is 1. The van der Waals surface area contributed by atoms with Crippen LogP contribution in [0.5, 0.6) is 5.75 Å². The first-order chi connectivity index (χ1) is 9.02. The monoisotopic (exact) mass is 272 g/mol. The highest BCUT2D eigenvalue weighted by Crippen LogP contribution is 2.15. The minimum Gasteiger partial charge on any atom is -0.435 e. The Morgan fingerprint density at radius 2 is 2.21 bits per heavy atom. The predicted molar refractivity (Wildman–Crippen MR) is 68.2 cm³/mol. The zero-order chi connectivity index (χ0) is 14.3. The van der Waals surface area contributed by atoms with Crippen molar-refractivity contribution in [2.75, 3.05) is 13.1 Å². The van der Waals surface area contributed by atoms with Crippen LogP contribution in [0.2, 0.25) is 0 Å². The van der Waals surface area contributed by atoms with E-state index in [0.717, 1.165) is 6.42 Å². The largest absolute Gasteiger partial charge is 0.435 e. The second-order valence-corrected chi connectivity index (χ2v) is 4.30. The quantitative estimate of drug-likeness (QED) is 0.798. The van der Waals surface area contributed by atoms with Crippen molar-refractivity contribution in [2.24, 2.45) is 11.7 Å². The van der Waals surface area contributed by atoms with Crippen LogP contribution in [-0.4, -0.2) is 25.6 Å². The van der Waals surface area contributed by atoms with Gasteiger partial charge in [-0.05, 0) is 37.1 Å². The van der Waals surface area contributed by atoms with Gasteiger partial charge in [-0.25, -0.2) is 0 Å². The summed E-state index contributed by atoms with van der Waals surface area (Å²) < 4.78 is 28.4. The van der Waals surface area contributed by atoms with Crippen molar-refractivity contribution in [3.05, 3.63) is 29.8 Å². The molecule has 0 aliphatic heterocycles. The number of hydrogen-bond donors (Lipinski definition) is 2. The number of nitrogens with two attached hydrogens (primary N) is 1. The van der Waals surface area contributed by atoms with Crippen LogP contribution in [0.1, 0.15) is 23.7 Å². The van der Waals surface area contributed by atoms with Crippen molar-refractivity contribution >= 4 is 5.91 Å². The van der Waals surface area contributed by atoms with E-state index in [1.54, 1.807) is 6.07 Å². The van der Waals surface area contributed by atoms with Gasteiger partial charge in [0.2, 0.25) is 0 Å². The van der Waals surface area contributed by atoms with E-state index in [0.29, 0.717) is 13.1 Å². The standard InChI is InChI=1S/C13H18F2N2O2/c1-9(5-6-16)8-17-12(18)10-3-2-4-11(7-10)19-13(14)15/h2-4,7,9,13H,5-6,8,16H2,1H3,(H,17,18). The number of halogens is 2. The third-order valence-electron chi connectivity index (χ3n) is 2.59. The fourth-order valence-electron chi connectivity index (χ4n) is 1.57. The van der Waals surface area contributed by atoms with Gasteiger partial charge in [0.05, 0.1) is 0 Å². The molecule has 3 N–H and O–H groups in total. The van der Waals surface area contributed by atoms with Gasteiger partial charge < -0.3 is 15.8 Å². The van der Waals surface area contributed by atoms with Crippen molar-refractivity contribution in [1.29, 1.82) is 0 Å². The smallest absolute Gasteiger partial charge is 0.387 e. The molecule has 0 aromatic heterocycles. The first-order valence-corrected chi connectivity index (χ1v) is 6.06. The molecule has 1 atom stereocenters. The molecule has 0 saturated heterocycles. The molecular weight excluding hydrogens is 254 g/mol. The van der Waals surface area contributed by atoms with E-state index >= 15 is 0 Å². The summed E-state index contributed by atoms with van der Waals surface area (Å²) in [6.45, 7) is 0.136. The van der Waals surface area contributed by atoms with Gasteiger partial charge in [-0.1, -0.05) is 13.0 Å². The summed E-state index contributed by atoms with van der Waals surface area (Å²) in [6.07, 6.45) is 0.814. The first-order valence-electron chi connectivity index (χ1n) is 6.06. The zero-order valence-corrected chi connectivity index (χ0v) is 10.7. The van der Waals surface area contributed by atoms with Crippen LogP contribution in [0, 0.1) is 5.92 Å². The summed E-state index contributed by atoms with van der Waals surface area (Å²) in [5, 5.41) is 2.73. The Morgan fingerprint density at radius 1 is 1.47 bits per heavy atom. The molecule has 1 rings (SSSR count). The third-order valence-corrected chi connectivity index (χ3v) is 2.59. The van der Waals surface area contributed by atoms with Gasteiger partial charge >= 0.3 is 6.61 Å². The molecule has 106 valence electrons. The molecule has 4 nitrogen and oxygen atoms in total. The summed E-state index contributed by atoms with van der Waals surface area (Å²) in [6, 6.07) is 5.70. The van der Waals surface area contributed by atoms with Gasteiger partial charge in [0.25, 0.3) is 5.91 Å². The number of hydrogen-bond acceptors (Lipinski definition) is 3. The van der Waals surface area contributed by atoms with Crippen LogP contribution < -0.4 is 15.8 Å². The lowest BCUT2D eigenvalue weighted by atomic mass is 10.1. The molecule has 0 saturated carbocycles. The molecule has 0 fully saturated rings. The molecule has 1 aromatic rings. The van der Waals surface area contributed by atoms with Gasteiger partial charge in [-0.15, -0.1) is 0 Å². The second-order valence-electron chi connectivity index (χ2n) is 4.30. The molecule has 6 heteroatoms. The van der Waals surface area contributed by atoms with Crippen molar-refractivity contribution in [2.45, 2.75) is 20.0 Å². The lowest BCUT2D eigenvalue weighted by molar-refractivity contribution is -0.0498. The Kier molecular flexibility index (Phi) is 6.21. The number of rotatable bonds is 7. The highest BCUT2D eigenvalue weighted by Gasteiger charge is 2.10. The second kappa shape index (κ2) is 7.68. The van der Waals surface area contributed by atoms with E-state index in [1.165, 1.54) is 18.2 Å². The topological polar surface area (TPSA) is 64.3 Å². The van der Waals surface area contributed by atoms with Crippen LogP contribution in [0.4, 0.5) is 8.78 Å².